The molecule has 0 heterocycles. The molecule has 1 fully saturated rings. The summed E-state index contributed by atoms with van der Waals surface area (Å²) in [5, 5.41) is 0. The van der Waals surface area contributed by atoms with E-state index >= 15 is 0 Å². The minimum atomic E-state index is 0.288. The van der Waals surface area contributed by atoms with Crippen LogP contribution in [0.2, 0.25) is 0 Å². The van der Waals surface area contributed by atoms with Crippen molar-refractivity contribution in [3.05, 3.63) is 0 Å². The van der Waals surface area contributed by atoms with Crippen LogP contribution in [-0.4, -0.2) is 56.1 Å². The number of hydrogen-bond donors (Lipinski definition) is 1. The molecule has 0 unspecified atom stereocenters. The SMILES string of the molecule is CCCC1CCC(CN)(N(C)CCCN(C)C)CC1. The molecule has 1 aliphatic rings. The minimum absolute atomic E-state index is 0.288. The van der Waals surface area contributed by atoms with Gasteiger partial charge in [0.15, 0.2) is 0 Å². The van der Waals surface area contributed by atoms with Gasteiger partial charge in [-0.3, -0.25) is 4.90 Å². The molecule has 0 radical (unpaired) electrons. The lowest BCUT2D eigenvalue weighted by Crippen LogP contribution is -2.54. The van der Waals surface area contributed by atoms with Crippen molar-refractivity contribution < 1.29 is 0 Å². The van der Waals surface area contributed by atoms with Crippen LogP contribution in [0.3, 0.4) is 0 Å². The second-order valence-corrected chi connectivity index (χ2v) is 6.74. The summed E-state index contributed by atoms with van der Waals surface area (Å²) in [6.07, 6.45) is 9.33. The zero-order chi connectivity index (χ0) is 14.3. The van der Waals surface area contributed by atoms with Gasteiger partial charge in [-0.2, -0.15) is 0 Å². The molecule has 0 aromatic carbocycles. The summed E-state index contributed by atoms with van der Waals surface area (Å²) in [6.45, 7) is 5.47. The molecule has 0 amide bonds. The smallest absolute Gasteiger partial charge is 0.0328 e. The van der Waals surface area contributed by atoms with Crippen molar-refractivity contribution in [1.82, 2.24) is 9.80 Å². The van der Waals surface area contributed by atoms with Gasteiger partial charge in [0.1, 0.15) is 0 Å². The summed E-state index contributed by atoms with van der Waals surface area (Å²) >= 11 is 0. The Morgan fingerprint density at radius 3 is 2.21 bits per heavy atom. The van der Waals surface area contributed by atoms with Crippen LogP contribution >= 0.6 is 0 Å². The quantitative estimate of drug-likeness (QED) is 0.735. The molecule has 0 aromatic rings. The number of rotatable bonds is 8. The maximum atomic E-state index is 6.14. The third kappa shape index (κ3) is 5.05. The Bertz CT molecular complexity index is 232. The van der Waals surface area contributed by atoms with E-state index in [-0.39, 0.29) is 5.54 Å². The predicted octanol–water partition coefficient (Wildman–Crippen LogP) is 2.56. The standard InChI is InChI=1S/C16H35N3/c1-5-7-15-8-10-16(14-17,11-9-15)19(4)13-6-12-18(2)3/h15H,5-14,17H2,1-4H3. The minimum Gasteiger partial charge on any atom is -0.329 e. The largest absolute Gasteiger partial charge is 0.329 e. The van der Waals surface area contributed by atoms with E-state index in [1.54, 1.807) is 0 Å². The van der Waals surface area contributed by atoms with Crippen LogP contribution in [0.15, 0.2) is 0 Å². The van der Waals surface area contributed by atoms with Gasteiger partial charge in [-0.25, -0.2) is 0 Å². The highest BCUT2D eigenvalue weighted by Crippen LogP contribution is 2.37. The topological polar surface area (TPSA) is 32.5 Å². The predicted molar refractivity (Wildman–Crippen MR) is 84.5 cm³/mol. The Morgan fingerprint density at radius 1 is 1.11 bits per heavy atom. The molecule has 1 aliphatic carbocycles. The molecule has 0 aliphatic heterocycles. The lowest BCUT2D eigenvalue weighted by atomic mass is 9.74. The first-order valence-electron chi connectivity index (χ1n) is 8.10. The average molecular weight is 269 g/mol. The fourth-order valence-corrected chi connectivity index (χ4v) is 3.51. The van der Waals surface area contributed by atoms with Crippen molar-refractivity contribution >= 4 is 0 Å². The molecule has 0 aromatic heterocycles. The first-order chi connectivity index (χ1) is 9.04. The summed E-state index contributed by atoms with van der Waals surface area (Å²) in [4.78, 5) is 4.82. The first-order valence-corrected chi connectivity index (χ1v) is 8.10. The van der Waals surface area contributed by atoms with Gasteiger partial charge < -0.3 is 10.6 Å². The molecule has 3 nitrogen and oxygen atoms in total. The lowest BCUT2D eigenvalue weighted by molar-refractivity contribution is 0.0606. The molecule has 2 N–H and O–H groups in total. The van der Waals surface area contributed by atoms with Crippen LogP contribution in [0.4, 0.5) is 0 Å². The monoisotopic (exact) mass is 269 g/mol. The second kappa shape index (κ2) is 8.23. The first kappa shape index (κ1) is 16.9. The van der Waals surface area contributed by atoms with Crippen LogP contribution in [0.1, 0.15) is 51.9 Å². The van der Waals surface area contributed by atoms with E-state index in [1.807, 2.05) is 0 Å². The van der Waals surface area contributed by atoms with Crippen molar-refractivity contribution in [2.45, 2.75) is 57.4 Å². The normalized spacial score (nSPS) is 28.3. The van der Waals surface area contributed by atoms with Gasteiger partial charge in [-0.05, 0) is 72.3 Å². The molecular formula is C16H35N3. The third-order valence-corrected chi connectivity index (χ3v) is 5.02. The molecule has 19 heavy (non-hydrogen) atoms. The van der Waals surface area contributed by atoms with Gasteiger partial charge in [0.2, 0.25) is 0 Å². The van der Waals surface area contributed by atoms with E-state index in [0.29, 0.717) is 0 Å². The maximum Gasteiger partial charge on any atom is 0.0328 e. The maximum absolute atomic E-state index is 6.14. The Kier molecular flexibility index (Phi) is 7.33. The molecule has 1 rings (SSSR count). The molecule has 114 valence electrons. The third-order valence-electron chi connectivity index (χ3n) is 5.02. The highest BCUT2D eigenvalue weighted by Gasteiger charge is 2.36. The summed E-state index contributed by atoms with van der Waals surface area (Å²) in [7, 11) is 6.58. The van der Waals surface area contributed by atoms with Crippen molar-refractivity contribution in [3.63, 3.8) is 0 Å². The van der Waals surface area contributed by atoms with Gasteiger partial charge in [0, 0.05) is 12.1 Å². The van der Waals surface area contributed by atoms with Gasteiger partial charge in [-0.15, -0.1) is 0 Å². The molecular weight excluding hydrogens is 234 g/mol. The molecule has 0 spiro atoms. The molecule has 0 bridgehead atoms. The number of likely N-dealkylation sites (N-methyl/N-ethyl adjacent to an activating group) is 1. The summed E-state index contributed by atoms with van der Waals surface area (Å²) in [6, 6.07) is 0. The van der Waals surface area contributed by atoms with Crippen LogP contribution in [0.25, 0.3) is 0 Å². The highest BCUT2D eigenvalue weighted by molar-refractivity contribution is 4.94. The molecule has 0 saturated heterocycles. The van der Waals surface area contributed by atoms with Crippen LogP contribution in [0, 0.1) is 5.92 Å². The van der Waals surface area contributed by atoms with E-state index < -0.39 is 0 Å². The second-order valence-electron chi connectivity index (χ2n) is 6.74. The fraction of sp³-hybridized carbons (Fsp3) is 1.00. The Labute approximate surface area is 120 Å². The molecule has 0 atom stereocenters. The van der Waals surface area contributed by atoms with Gasteiger partial charge in [0.25, 0.3) is 0 Å². The summed E-state index contributed by atoms with van der Waals surface area (Å²) in [5.41, 5.74) is 6.43. The molecule has 1 saturated carbocycles. The van der Waals surface area contributed by atoms with Crippen molar-refractivity contribution in [3.8, 4) is 0 Å². The summed E-state index contributed by atoms with van der Waals surface area (Å²) < 4.78 is 0. The van der Waals surface area contributed by atoms with E-state index in [9.17, 15) is 0 Å². The number of nitrogens with two attached hydrogens (primary N) is 1. The van der Waals surface area contributed by atoms with Crippen molar-refractivity contribution in [2.75, 3.05) is 40.8 Å². The zero-order valence-corrected chi connectivity index (χ0v) is 13.6. The van der Waals surface area contributed by atoms with E-state index in [2.05, 4.69) is 37.9 Å². The lowest BCUT2D eigenvalue weighted by Gasteiger charge is -2.46. The zero-order valence-electron chi connectivity index (χ0n) is 13.6. The number of nitrogens with zero attached hydrogens (tertiary/aromatic N) is 2. The number of hydrogen-bond acceptors (Lipinski definition) is 3. The van der Waals surface area contributed by atoms with Crippen molar-refractivity contribution in [2.24, 2.45) is 11.7 Å². The van der Waals surface area contributed by atoms with Gasteiger partial charge in [0.05, 0.1) is 0 Å². The van der Waals surface area contributed by atoms with Crippen molar-refractivity contribution in [1.29, 1.82) is 0 Å². The Hall–Kier alpha value is -0.120. The Balaban J connectivity index is 2.42. The van der Waals surface area contributed by atoms with Crippen LogP contribution in [0.5, 0.6) is 0 Å². The van der Waals surface area contributed by atoms with Crippen LogP contribution in [-0.2, 0) is 0 Å². The molecule has 3 heteroatoms. The summed E-state index contributed by atoms with van der Waals surface area (Å²) in [5.74, 6) is 0.958. The Morgan fingerprint density at radius 2 is 1.74 bits per heavy atom. The van der Waals surface area contributed by atoms with Gasteiger partial charge >= 0.3 is 0 Å². The van der Waals surface area contributed by atoms with E-state index in [0.717, 1.165) is 12.5 Å². The van der Waals surface area contributed by atoms with Crippen LogP contribution < -0.4 is 5.73 Å². The fourth-order valence-electron chi connectivity index (χ4n) is 3.51. The van der Waals surface area contributed by atoms with E-state index in [4.69, 9.17) is 5.73 Å². The highest BCUT2D eigenvalue weighted by atomic mass is 15.2. The van der Waals surface area contributed by atoms with Gasteiger partial charge in [-0.1, -0.05) is 19.8 Å². The average Bonchev–Trinajstić information content (AvgIpc) is 2.39. The van der Waals surface area contributed by atoms with E-state index in [1.165, 1.54) is 58.0 Å².